The quantitative estimate of drug-likeness (QED) is 0.506. The summed E-state index contributed by atoms with van der Waals surface area (Å²) in [6.07, 6.45) is 3.21. The first-order chi connectivity index (χ1) is 11.9. The maximum atomic E-state index is 12.4. The van der Waals surface area contributed by atoms with E-state index in [0.29, 0.717) is 21.2 Å². The van der Waals surface area contributed by atoms with Crippen LogP contribution >= 0.6 is 11.6 Å². The maximum Gasteiger partial charge on any atom is 0.266 e. The van der Waals surface area contributed by atoms with Crippen LogP contribution in [-0.2, 0) is 14.3 Å². The van der Waals surface area contributed by atoms with Crippen molar-refractivity contribution < 1.29 is 9.00 Å². The van der Waals surface area contributed by atoms with Crippen molar-refractivity contribution in [2.45, 2.75) is 4.90 Å². The third kappa shape index (κ3) is 3.66. The first kappa shape index (κ1) is 17.0. The van der Waals surface area contributed by atoms with E-state index in [9.17, 15) is 14.3 Å². The fourth-order valence-corrected chi connectivity index (χ4v) is 3.99. The highest BCUT2D eigenvalue weighted by molar-refractivity contribution is 8.03. The topological polar surface area (TPSA) is 70.0 Å². The Labute approximate surface area is 151 Å². The molecule has 124 valence electrons. The minimum atomic E-state index is -2.47. The number of hydrogen-bond donors (Lipinski definition) is 1. The zero-order chi connectivity index (χ0) is 18.0. The Hall–Kier alpha value is -2.81. The number of nitriles is 1. The standard InChI is InChI=1S/C19H13ClN2O2S/c1-25(24)8-7-14-5-6-17(11-18(14)25)22-19(23)15(12-21)9-13-3-2-4-16(20)10-13/h2-11H,1H2,(H,22,23)/b15-9+. The van der Waals surface area contributed by atoms with E-state index in [0.717, 1.165) is 5.56 Å². The molecule has 1 atom stereocenters. The minimum absolute atomic E-state index is 0.0590. The summed E-state index contributed by atoms with van der Waals surface area (Å²) < 4.78 is 12.3. The van der Waals surface area contributed by atoms with Crippen molar-refractivity contribution in [3.8, 4) is 6.07 Å². The van der Waals surface area contributed by atoms with E-state index in [1.807, 2.05) is 6.07 Å². The Balaban J connectivity index is 1.86. The lowest BCUT2D eigenvalue weighted by molar-refractivity contribution is -0.112. The Bertz CT molecular complexity index is 1080. The summed E-state index contributed by atoms with van der Waals surface area (Å²) >= 11 is 5.91. The Kier molecular flexibility index (Phi) is 4.49. The van der Waals surface area contributed by atoms with Crippen LogP contribution in [0, 0.1) is 11.3 Å². The summed E-state index contributed by atoms with van der Waals surface area (Å²) in [6, 6.07) is 13.8. The van der Waals surface area contributed by atoms with Crippen LogP contribution in [0.3, 0.4) is 0 Å². The zero-order valence-corrected chi connectivity index (χ0v) is 14.6. The fourth-order valence-electron chi connectivity index (χ4n) is 2.42. The number of rotatable bonds is 3. The second-order valence-corrected chi connectivity index (χ2v) is 8.06. The molecule has 1 amide bonds. The molecule has 1 heterocycles. The number of hydrogen-bond acceptors (Lipinski definition) is 3. The van der Waals surface area contributed by atoms with Gasteiger partial charge in [0.05, 0.1) is 0 Å². The van der Waals surface area contributed by atoms with E-state index in [-0.39, 0.29) is 5.57 Å². The van der Waals surface area contributed by atoms with Crippen LogP contribution < -0.4 is 5.32 Å². The van der Waals surface area contributed by atoms with E-state index >= 15 is 0 Å². The predicted molar refractivity (Wildman–Crippen MR) is 103 cm³/mol. The zero-order valence-electron chi connectivity index (χ0n) is 13.0. The van der Waals surface area contributed by atoms with Crippen LogP contribution in [0.2, 0.25) is 5.02 Å². The number of nitrogens with zero attached hydrogens (tertiary/aromatic N) is 1. The van der Waals surface area contributed by atoms with E-state index < -0.39 is 15.4 Å². The lowest BCUT2D eigenvalue weighted by atomic mass is 10.1. The minimum Gasteiger partial charge on any atom is -0.321 e. The van der Waals surface area contributed by atoms with Crippen molar-refractivity contribution in [2.24, 2.45) is 0 Å². The largest absolute Gasteiger partial charge is 0.321 e. The van der Waals surface area contributed by atoms with Crippen molar-refractivity contribution in [3.05, 3.63) is 69.6 Å². The molecule has 0 bridgehead atoms. The number of amides is 1. The molecule has 0 saturated carbocycles. The number of halogens is 1. The molecule has 1 unspecified atom stereocenters. The summed E-state index contributed by atoms with van der Waals surface area (Å²) in [5, 5.41) is 14.0. The van der Waals surface area contributed by atoms with Crippen LogP contribution in [0.15, 0.2) is 58.3 Å². The molecule has 1 aliphatic rings. The highest BCUT2D eigenvalue weighted by atomic mass is 35.5. The van der Waals surface area contributed by atoms with E-state index in [1.165, 1.54) is 6.08 Å². The molecule has 2 aromatic carbocycles. The monoisotopic (exact) mass is 368 g/mol. The molecule has 1 N–H and O–H groups in total. The summed E-state index contributed by atoms with van der Waals surface area (Å²) in [4.78, 5) is 12.9. The Morgan fingerprint density at radius 2 is 2.08 bits per heavy atom. The van der Waals surface area contributed by atoms with Gasteiger partial charge >= 0.3 is 0 Å². The number of carbonyl (C=O) groups excluding carboxylic acids is 1. The molecule has 0 aromatic heterocycles. The summed E-state index contributed by atoms with van der Waals surface area (Å²) in [7, 11) is -2.47. The molecule has 0 saturated heterocycles. The number of carbonyl (C=O) groups is 1. The van der Waals surface area contributed by atoms with E-state index in [1.54, 1.807) is 53.9 Å². The Morgan fingerprint density at radius 1 is 1.28 bits per heavy atom. The molecule has 0 radical (unpaired) electrons. The van der Waals surface area contributed by atoms with Gasteiger partial charge in [-0.2, -0.15) is 5.26 Å². The van der Waals surface area contributed by atoms with Gasteiger partial charge in [0.1, 0.15) is 11.6 Å². The summed E-state index contributed by atoms with van der Waals surface area (Å²) in [6.45, 7) is 0. The number of fused-ring (bicyclic) bond motifs is 1. The average Bonchev–Trinajstić information content (AvgIpc) is 2.87. The van der Waals surface area contributed by atoms with Crippen molar-refractivity contribution in [3.63, 3.8) is 0 Å². The smallest absolute Gasteiger partial charge is 0.266 e. The number of anilines is 1. The van der Waals surface area contributed by atoms with Crippen LogP contribution in [0.4, 0.5) is 5.69 Å². The fraction of sp³-hybridized carbons (Fsp3) is 0. The molecule has 0 spiro atoms. The molecule has 3 rings (SSSR count). The first-order valence-electron chi connectivity index (χ1n) is 7.27. The van der Waals surface area contributed by atoms with Crippen molar-refractivity contribution >= 4 is 50.7 Å². The van der Waals surface area contributed by atoms with E-state index in [2.05, 4.69) is 11.2 Å². The van der Waals surface area contributed by atoms with Gasteiger partial charge in [0.25, 0.3) is 5.91 Å². The van der Waals surface area contributed by atoms with Gasteiger partial charge in [0, 0.05) is 25.1 Å². The van der Waals surface area contributed by atoms with Gasteiger partial charge in [-0.3, -0.25) is 9.00 Å². The molecule has 0 aliphatic carbocycles. The molecule has 4 nitrogen and oxygen atoms in total. The lowest BCUT2D eigenvalue weighted by Gasteiger charge is -2.08. The summed E-state index contributed by atoms with van der Waals surface area (Å²) in [5.74, 6) is 3.15. The van der Waals surface area contributed by atoms with Crippen LogP contribution in [0.25, 0.3) is 12.2 Å². The van der Waals surface area contributed by atoms with Gasteiger partial charge in [-0.05, 0) is 58.8 Å². The van der Waals surface area contributed by atoms with Gasteiger partial charge in [0.2, 0.25) is 0 Å². The highest BCUT2D eigenvalue weighted by Crippen LogP contribution is 2.29. The summed E-state index contributed by atoms with van der Waals surface area (Å²) in [5.41, 5.74) is 1.86. The van der Waals surface area contributed by atoms with Crippen LogP contribution in [0.5, 0.6) is 0 Å². The second kappa shape index (κ2) is 6.60. The SMILES string of the molecule is C=S1(=O)C=Cc2ccc(NC(=O)/C(C#N)=C/c3cccc(Cl)c3)cc21. The van der Waals surface area contributed by atoms with Gasteiger partial charge < -0.3 is 5.32 Å². The van der Waals surface area contributed by atoms with E-state index in [4.69, 9.17) is 11.6 Å². The predicted octanol–water partition coefficient (Wildman–Crippen LogP) is 3.95. The molecule has 1 aliphatic heterocycles. The maximum absolute atomic E-state index is 12.4. The third-order valence-electron chi connectivity index (χ3n) is 3.64. The van der Waals surface area contributed by atoms with Gasteiger partial charge in [-0.25, -0.2) is 0 Å². The van der Waals surface area contributed by atoms with Crippen LogP contribution in [-0.4, -0.2) is 16.0 Å². The van der Waals surface area contributed by atoms with Crippen molar-refractivity contribution in [1.29, 1.82) is 5.26 Å². The molecule has 6 heteroatoms. The Morgan fingerprint density at radius 3 is 2.80 bits per heavy atom. The second-order valence-electron chi connectivity index (χ2n) is 5.46. The normalized spacial score (nSPS) is 18.5. The average molecular weight is 369 g/mol. The van der Waals surface area contributed by atoms with Gasteiger partial charge in [-0.1, -0.05) is 29.8 Å². The molecule has 0 fully saturated rings. The van der Waals surface area contributed by atoms with Crippen molar-refractivity contribution in [1.82, 2.24) is 0 Å². The number of nitrogens with one attached hydrogen (secondary N) is 1. The van der Waals surface area contributed by atoms with Gasteiger partial charge in [0.15, 0.2) is 0 Å². The molecule has 25 heavy (non-hydrogen) atoms. The van der Waals surface area contributed by atoms with Crippen molar-refractivity contribution in [2.75, 3.05) is 5.32 Å². The number of benzene rings is 2. The lowest BCUT2D eigenvalue weighted by Crippen LogP contribution is -2.13. The highest BCUT2D eigenvalue weighted by Gasteiger charge is 2.17. The first-order valence-corrected chi connectivity index (χ1v) is 9.44. The molecular weight excluding hydrogens is 356 g/mol. The van der Waals surface area contributed by atoms with Gasteiger partial charge in [-0.15, -0.1) is 0 Å². The molecular formula is C19H13ClN2O2S. The molecule has 2 aromatic rings. The van der Waals surface area contributed by atoms with Crippen LogP contribution in [0.1, 0.15) is 11.1 Å². The third-order valence-corrected chi connectivity index (χ3v) is 5.54.